The number of hydrogen-bond acceptors (Lipinski definition) is 7. The molecule has 13 heteroatoms. The highest BCUT2D eigenvalue weighted by Gasteiger charge is 2.34. The highest BCUT2D eigenvalue weighted by Crippen LogP contribution is 2.29. The van der Waals surface area contributed by atoms with Crippen molar-refractivity contribution >= 4 is 27.5 Å². The number of nitrogens with one attached hydrogen (secondary N) is 1. The second-order valence-corrected chi connectivity index (χ2v) is 11.6. The molecule has 2 fully saturated rings. The van der Waals surface area contributed by atoms with Gasteiger partial charge in [0, 0.05) is 46.3 Å². The lowest BCUT2D eigenvalue weighted by molar-refractivity contribution is -0.122. The summed E-state index contributed by atoms with van der Waals surface area (Å²) in [5.74, 6) is -0.0945. The molecule has 33 heavy (non-hydrogen) atoms. The Labute approximate surface area is 197 Å². The van der Waals surface area contributed by atoms with Crippen LogP contribution in [-0.2, 0) is 26.3 Å². The number of hydrogen-bond donors (Lipinski definition) is 1. The number of nitrogens with zero attached hydrogens (tertiary/aromatic N) is 5. The van der Waals surface area contributed by atoms with Crippen LogP contribution in [0.2, 0.25) is 0 Å². The van der Waals surface area contributed by atoms with Crippen LogP contribution in [0.1, 0.15) is 37.4 Å². The maximum atomic E-state index is 13.2. The van der Waals surface area contributed by atoms with Gasteiger partial charge in [0.1, 0.15) is 17.4 Å². The molecule has 4 rings (SSSR count). The Morgan fingerprint density at radius 2 is 2.15 bits per heavy atom. The highest BCUT2D eigenvalue weighted by molar-refractivity contribution is 7.86. The van der Waals surface area contributed by atoms with Gasteiger partial charge in [-0.05, 0) is 43.2 Å². The monoisotopic (exact) mass is 498 g/mol. The predicted molar refractivity (Wildman–Crippen MR) is 124 cm³/mol. The zero-order chi connectivity index (χ0) is 23.6. The Balaban J connectivity index is 1.58. The third-order valence-corrected chi connectivity index (χ3v) is 8.73. The van der Waals surface area contributed by atoms with Crippen molar-refractivity contribution < 1.29 is 17.9 Å². The molecule has 2 aromatic rings. The highest BCUT2D eigenvalue weighted by atomic mass is 32.2. The summed E-state index contributed by atoms with van der Waals surface area (Å²) in [6, 6.07) is 3.65. The van der Waals surface area contributed by atoms with Gasteiger partial charge >= 0.3 is 5.69 Å². The molecule has 1 N–H and O–H groups in total. The largest absolute Gasteiger partial charge is 0.376 e. The van der Waals surface area contributed by atoms with Crippen molar-refractivity contribution in [3.05, 3.63) is 33.8 Å². The average Bonchev–Trinajstić information content (AvgIpc) is 3.55. The Hall–Kier alpha value is -2.06. The van der Waals surface area contributed by atoms with Crippen molar-refractivity contribution in [2.24, 2.45) is 0 Å². The standard InChI is InChI=1S/C20H30N6O5S2/c1-23(2)33(29,30)24-9-3-6-15(13-24)19-22-25(20(28)26(19)18-8-5-11-32-18)14-17(27)21-12-16-7-4-10-31-16/h5,8,11,15-16H,3-4,6-7,9-10,12-14H2,1-2H3,(H,21,27). The molecule has 0 aliphatic carbocycles. The minimum Gasteiger partial charge on any atom is -0.376 e. The zero-order valence-electron chi connectivity index (χ0n) is 18.8. The molecule has 182 valence electrons. The number of piperidine rings is 1. The second kappa shape index (κ2) is 10.1. The summed E-state index contributed by atoms with van der Waals surface area (Å²) in [7, 11) is -0.565. The smallest absolute Gasteiger partial charge is 0.351 e. The molecule has 4 heterocycles. The summed E-state index contributed by atoms with van der Waals surface area (Å²) >= 11 is 1.39. The molecule has 0 saturated carbocycles. The van der Waals surface area contributed by atoms with Gasteiger partial charge in [0.15, 0.2) is 0 Å². The van der Waals surface area contributed by atoms with Crippen LogP contribution in [0.5, 0.6) is 0 Å². The Morgan fingerprint density at radius 1 is 1.33 bits per heavy atom. The summed E-state index contributed by atoms with van der Waals surface area (Å²) < 4.78 is 36.2. The summed E-state index contributed by atoms with van der Waals surface area (Å²) in [4.78, 5) is 25.7. The third-order valence-electron chi connectivity index (χ3n) is 5.97. The van der Waals surface area contributed by atoms with E-state index in [9.17, 15) is 18.0 Å². The number of aromatic nitrogens is 3. The SMILES string of the molecule is CN(C)S(=O)(=O)N1CCCC(c2nn(CC(=O)NCC3CCCO3)c(=O)n2-c2cccs2)C1. The van der Waals surface area contributed by atoms with Gasteiger partial charge in [-0.25, -0.2) is 14.0 Å². The molecule has 0 radical (unpaired) electrons. The van der Waals surface area contributed by atoms with Crippen molar-refractivity contribution in [2.45, 2.75) is 44.2 Å². The maximum absolute atomic E-state index is 13.2. The molecule has 2 aromatic heterocycles. The number of thiophene rings is 1. The first-order chi connectivity index (χ1) is 15.8. The van der Waals surface area contributed by atoms with E-state index >= 15 is 0 Å². The normalized spacial score (nSPS) is 22.2. The van der Waals surface area contributed by atoms with E-state index in [2.05, 4.69) is 10.4 Å². The molecule has 0 aromatic carbocycles. The molecule has 2 atom stereocenters. The van der Waals surface area contributed by atoms with Gasteiger partial charge in [-0.15, -0.1) is 11.3 Å². The van der Waals surface area contributed by atoms with E-state index < -0.39 is 15.9 Å². The Kier molecular flexibility index (Phi) is 7.34. The molecule has 2 saturated heterocycles. The molecule has 2 aliphatic heterocycles. The predicted octanol–water partition coefficient (Wildman–Crippen LogP) is 0.377. The van der Waals surface area contributed by atoms with E-state index in [1.807, 2.05) is 17.5 Å². The maximum Gasteiger partial charge on any atom is 0.351 e. The van der Waals surface area contributed by atoms with Crippen molar-refractivity contribution in [1.82, 2.24) is 28.3 Å². The van der Waals surface area contributed by atoms with E-state index in [4.69, 9.17) is 4.74 Å². The number of carbonyl (C=O) groups is 1. The minimum atomic E-state index is -3.57. The fourth-order valence-corrected chi connectivity index (χ4v) is 6.14. The second-order valence-electron chi connectivity index (χ2n) is 8.51. The Bertz CT molecular complexity index is 1120. The van der Waals surface area contributed by atoms with Gasteiger partial charge in [0.05, 0.1) is 6.10 Å². The van der Waals surface area contributed by atoms with Crippen LogP contribution in [-0.4, -0.2) is 83.7 Å². The summed E-state index contributed by atoms with van der Waals surface area (Å²) in [6.07, 6.45) is 3.26. The lowest BCUT2D eigenvalue weighted by Crippen LogP contribution is -2.45. The lowest BCUT2D eigenvalue weighted by Gasteiger charge is -2.32. The van der Waals surface area contributed by atoms with E-state index in [-0.39, 0.29) is 31.0 Å². The molecule has 2 aliphatic rings. The summed E-state index contributed by atoms with van der Waals surface area (Å²) in [5, 5.41) is 9.89. The van der Waals surface area contributed by atoms with Crippen LogP contribution in [0, 0.1) is 0 Å². The molecular weight excluding hydrogens is 468 g/mol. The third kappa shape index (κ3) is 5.22. The molecule has 0 bridgehead atoms. The number of amides is 1. The van der Waals surface area contributed by atoms with E-state index in [0.29, 0.717) is 43.4 Å². The topological polar surface area (TPSA) is 119 Å². The Morgan fingerprint density at radius 3 is 2.82 bits per heavy atom. The van der Waals surface area contributed by atoms with Crippen LogP contribution in [0.15, 0.2) is 22.3 Å². The molecule has 1 amide bonds. The van der Waals surface area contributed by atoms with Crippen LogP contribution in [0.3, 0.4) is 0 Å². The number of rotatable bonds is 8. The first-order valence-corrected chi connectivity index (χ1v) is 13.3. The van der Waals surface area contributed by atoms with Crippen molar-refractivity contribution in [2.75, 3.05) is 40.3 Å². The molecule has 0 spiro atoms. The summed E-state index contributed by atoms with van der Waals surface area (Å²) in [6.45, 7) is 1.56. The van der Waals surface area contributed by atoms with Gasteiger partial charge in [0.25, 0.3) is 10.2 Å². The van der Waals surface area contributed by atoms with Crippen LogP contribution < -0.4 is 11.0 Å². The lowest BCUT2D eigenvalue weighted by atomic mass is 9.99. The quantitative estimate of drug-likeness (QED) is 0.562. The fourth-order valence-electron chi connectivity index (χ4n) is 4.21. The van der Waals surface area contributed by atoms with Crippen molar-refractivity contribution in [3.63, 3.8) is 0 Å². The van der Waals surface area contributed by atoms with Crippen LogP contribution in [0.25, 0.3) is 5.00 Å². The van der Waals surface area contributed by atoms with E-state index in [1.165, 1.54) is 43.3 Å². The van der Waals surface area contributed by atoms with Crippen LogP contribution >= 0.6 is 11.3 Å². The molecule has 2 unspecified atom stereocenters. The first-order valence-electron chi connectivity index (χ1n) is 11.1. The number of ether oxygens (including phenoxy) is 1. The van der Waals surface area contributed by atoms with Crippen LogP contribution in [0.4, 0.5) is 0 Å². The van der Waals surface area contributed by atoms with Gasteiger partial charge in [-0.3, -0.25) is 4.79 Å². The minimum absolute atomic E-state index is 0.0109. The van der Waals surface area contributed by atoms with E-state index in [1.54, 1.807) is 0 Å². The molecular formula is C20H30N6O5S2. The first kappa shape index (κ1) is 24.1. The molecule has 11 nitrogen and oxygen atoms in total. The van der Waals surface area contributed by atoms with Crippen molar-refractivity contribution in [1.29, 1.82) is 0 Å². The van der Waals surface area contributed by atoms with Gasteiger partial charge in [-0.2, -0.15) is 22.1 Å². The van der Waals surface area contributed by atoms with Crippen molar-refractivity contribution in [3.8, 4) is 5.00 Å². The van der Waals surface area contributed by atoms with Gasteiger partial charge < -0.3 is 10.1 Å². The van der Waals surface area contributed by atoms with E-state index in [0.717, 1.165) is 12.8 Å². The summed E-state index contributed by atoms with van der Waals surface area (Å²) in [5.41, 5.74) is -0.410. The zero-order valence-corrected chi connectivity index (χ0v) is 20.5. The average molecular weight is 499 g/mol. The fraction of sp³-hybridized carbons (Fsp3) is 0.650. The number of carbonyl (C=O) groups excluding carboxylic acids is 1. The van der Waals surface area contributed by atoms with Gasteiger partial charge in [0.2, 0.25) is 5.91 Å². The van der Waals surface area contributed by atoms with Gasteiger partial charge in [-0.1, -0.05) is 0 Å².